The molecule has 0 unspecified atom stereocenters. The highest BCUT2D eigenvalue weighted by Gasteiger charge is 2.02. The van der Waals surface area contributed by atoms with E-state index in [1.165, 1.54) is 0 Å². The van der Waals surface area contributed by atoms with Gasteiger partial charge >= 0.3 is 0 Å². The minimum atomic E-state index is 0.455. The number of nitrogens with one attached hydrogen (secondary N) is 1. The lowest BCUT2D eigenvalue weighted by Gasteiger charge is -2.08. The number of anilines is 1. The molecule has 6 heteroatoms. The Hall–Kier alpha value is -0.650. The Morgan fingerprint density at radius 2 is 1.88 bits per heavy atom. The maximum Gasteiger partial charge on any atom is 0.152 e. The van der Waals surface area contributed by atoms with Crippen molar-refractivity contribution in [2.75, 3.05) is 5.32 Å². The smallest absolute Gasteiger partial charge is 0.152 e. The molecule has 0 spiro atoms. The highest BCUT2D eigenvalue weighted by molar-refractivity contribution is 9.10. The second-order valence-corrected chi connectivity index (χ2v) is 5.55. The quantitative estimate of drug-likeness (QED) is 0.812. The molecule has 2 aromatic heterocycles. The predicted octanol–water partition coefficient (Wildman–Crippen LogP) is 4.27. The lowest BCUT2D eigenvalue weighted by atomic mass is 10.3. The zero-order chi connectivity index (χ0) is 12.3. The maximum atomic E-state index is 5.97. The van der Waals surface area contributed by atoms with Crippen LogP contribution in [0, 0.1) is 0 Å². The Balaban J connectivity index is 2.09. The van der Waals surface area contributed by atoms with Crippen molar-refractivity contribution in [2.45, 2.75) is 6.54 Å². The van der Waals surface area contributed by atoms with Crippen molar-refractivity contribution in [3.05, 3.63) is 50.4 Å². The molecule has 0 saturated carbocycles. The van der Waals surface area contributed by atoms with Crippen LogP contribution in [-0.4, -0.2) is 9.97 Å². The largest absolute Gasteiger partial charge is 0.378 e. The number of hydrogen-bond acceptors (Lipinski definition) is 3. The van der Waals surface area contributed by atoms with Crippen molar-refractivity contribution >= 4 is 49.1 Å². The van der Waals surface area contributed by atoms with Gasteiger partial charge in [-0.05, 0) is 49.6 Å². The van der Waals surface area contributed by atoms with Crippen LogP contribution in [0.1, 0.15) is 5.56 Å². The van der Waals surface area contributed by atoms with Crippen molar-refractivity contribution in [2.24, 2.45) is 0 Å². The van der Waals surface area contributed by atoms with E-state index in [1.54, 1.807) is 18.6 Å². The van der Waals surface area contributed by atoms with Crippen LogP contribution < -0.4 is 5.32 Å². The van der Waals surface area contributed by atoms with Gasteiger partial charge in [-0.15, -0.1) is 0 Å². The summed E-state index contributed by atoms with van der Waals surface area (Å²) in [5.41, 5.74) is 1.86. The number of hydrogen-bond donors (Lipinski definition) is 1. The van der Waals surface area contributed by atoms with Gasteiger partial charge in [0.05, 0.1) is 5.69 Å². The predicted molar refractivity (Wildman–Crippen MR) is 76.2 cm³/mol. The summed E-state index contributed by atoms with van der Waals surface area (Å²) in [6.07, 6.45) is 5.21. The van der Waals surface area contributed by atoms with Crippen molar-refractivity contribution < 1.29 is 0 Å². The molecule has 0 aliphatic carbocycles. The Morgan fingerprint density at radius 1 is 1.12 bits per heavy atom. The van der Waals surface area contributed by atoms with Crippen LogP contribution in [0.15, 0.2) is 39.7 Å². The topological polar surface area (TPSA) is 37.8 Å². The molecule has 0 atom stereocenters. The monoisotopic (exact) mass is 375 g/mol. The zero-order valence-corrected chi connectivity index (χ0v) is 12.6. The van der Waals surface area contributed by atoms with E-state index in [4.69, 9.17) is 11.6 Å². The first kappa shape index (κ1) is 12.8. The molecule has 0 saturated heterocycles. The second-order valence-electron chi connectivity index (χ2n) is 3.36. The third kappa shape index (κ3) is 3.66. The Morgan fingerprint density at radius 3 is 2.65 bits per heavy atom. The van der Waals surface area contributed by atoms with Gasteiger partial charge in [0.2, 0.25) is 0 Å². The third-order valence-electron chi connectivity index (χ3n) is 2.05. The normalized spacial score (nSPS) is 10.3. The average Bonchev–Trinajstić information content (AvgIpc) is 2.30. The van der Waals surface area contributed by atoms with Crippen LogP contribution in [-0.2, 0) is 6.54 Å². The summed E-state index contributed by atoms with van der Waals surface area (Å²) in [6.45, 7) is 0.643. The molecule has 1 N–H and O–H groups in total. The third-order valence-corrected chi connectivity index (χ3v) is 3.22. The molecule has 2 heterocycles. The first-order valence-electron chi connectivity index (χ1n) is 4.79. The molecular weight excluding hydrogens is 369 g/mol. The fraction of sp³-hybridized carbons (Fsp3) is 0.0909. The molecule has 17 heavy (non-hydrogen) atoms. The Bertz CT molecular complexity index is 534. The molecule has 0 aromatic carbocycles. The SMILES string of the molecule is Clc1ncc(Br)cc1NCc1cncc(Br)c1. The fourth-order valence-electron chi connectivity index (χ4n) is 1.30. The van der Waals surface area contributed by atoms with E-state index in [0.29, 0.717) is 11.7 Å². The first-order chi connectivity index (χ1) is 8.15. The summed E-state index contributed by atoms with van der Waals surface area (Å²) in [5, 5.41) is 3.67. The zero-order valence-electron chi connectivity index (χ0n) is 8.62. The summed E-state index contributed by atoms with van der Waals surface area (Å²) >= 11 is 12.7. The standard InChI is InChI=1S/C11H8Br2ClN3/c12-8-1-7(3-15-5-8)4-16-10-2-9(13)6-17-11(10)14/h1-3,5-6,16H,4H2. The van der Waals surface area contributed by atoms with E-state index in [-0.39, 0.29) is 0 Å². The van der Waals surface area contributed by atoms with Crippen LogP contribution in [0.25, 0.3) is 0 Å². The maximum absolute atomic E-state index is 5.97. The van der Waals surface area contributed by atoms with Crippen molar-refractivity contribution in [3.63, 3.8) is 0 Å². The summed E-state index contributed by atoms with van der Waals surface area (Å²) in [4.78, 5) is 8.13. The van der Waals surface area contributed by atoms with E-state index in [9.17, 15) is 0 Å². The van der Waals surface area contributed by atoms with Gasteiger partial charge in [-0.25, -0.2) is 4.98 Å². The average molecular weight is 377 g/mol. The lowest BCUT2D eigenvalue weighted by molar-refractivity contribution is 1.10. The summed E-state index contributed by atoms with van der Waals surface area (Å²) < 4.78 is 1.84. The van der Waals surface area contributed by atoms with Crippen LogP contribution in [0.5, 0.6) is 0 Å². The van der Waals surface area contributed by atoms with E-state index in [2.05, 4.69) is 47.1 Å². The number of pyridine rings is 2. The van der Waals surface area contributed by atoms with Crippen LogP contribution in [0.3, 0.4) is 0 Å². The fourth-order valence-corrected chi connectivity index (χ4v) is 2.21. The van der Waals surface area contributed by atoms with E-state index in [0.717, 1.165) is 20.2 Å². The minimum Gasteiger partial charge on any atom is -0.378 e. The van der Waals surface area contributed by atoms with Gasteiger partial charge in [0.15, 0.2) is 5.15 Å². The molecule has 2 aromatic rings. The number of aromatic nitrogens is 2. The molecule has 3 nitrogen and oxygen atoms in total. The molecule has 0 bridgehead atoms. The summed E-state index contributed by atoms with van der Waals surface area (Å²) in [6, 6.07) is 3.89. The Kier molecular flexibility index (Phi) is 4.36. The molecule has 0 aliphatic heterocycles. The van der Waals surface area contributed by atoms with Gasteiger partial charge < -0.3 is 5.32 Å². The highest BCUT2D eigenvalue weighted by atomic mass is 79.9. The van der Waals surface area contributed by atoms with Crippen molar-refractivity contribution in [3.8, 4) is 0 Å². The van der Waals surface area contributed by atoms with E-state index >= 15 is 0 Å². The van der Waals surface area contributed by atoms with Crippen LogP contribution >= 0.6 is 43.5 Å². The van der Waals surface area contributed by atoms with Crippen molar-refractivity contribution in [1.29, 1.82) is 0 Å². The van der Waals surface area contributed by atoms with Gasteiger partial charge in [-0.3, -0.25) is 4.98 Å². The van der Waals surface area contributed by atoms with Crippen molar-refractivity contribution in [1.82, 2.24) is 9.97 Å². The highest BCUT2D eigenvalue weighted by Crippen LogP contribution is 2.23. The number of rotatable bonds is 3. The van der Waals surface area contributed by atoms with Gasteiger partial charge in [0.1, 0.15) is 0 Å². The van der Waals surface area contributed by atoms with Gasteiger partial charge in [0.25, 0.3) is 0 Å². The lowest BCUT2D eigenvalue weighted by Crippen LogP contribution is -2.01. The van der Waals surface area contributed by atoms with E-state index < -0.39 is 0 Å². The number of halogens is 3. The number of nitrogens with zero attached hydrogens (tertiary/aromatic N) is 2. The van der Waals surface area contributed by atoms with Crippen LogP contribution in [0.4, 0.5) is 5.69 Å². The molecule has 88 valence electrons. The Labute approximate surface area is 121 Å². The van der Waals surface area contributed by atoms with Gasteiger partial charge in [0, 0.05) is 34.1 Å². The molecule has 0 fully saturated rings. The molecular formula is C11H8Br2ClN3. The first-order valence-corrected chi connectivity index (χ1v) is 6.76. The van der Waals surface area contributed by atoms with E-state index in [1.807, 2.05) is 12.1 Å². The van der Waals surface area contributed by atoms with Gasteiger partial charge in [-0.1, -0.05) is 11.6 Å². The molecule has 2 rings (SSSR count). The molecule has 0 radical (unpaired) electrons. The molecule has 0 amide bonds. The van der Waals surface area contributed by atoms with Crippen LogP contribution in [0.2, 0.25) is 5.15 Å². The second kappa shape index (κ2) is 5.80. The summed E-state index contributed by atoms with van der Waals surface area (Å²) in [5.74, 6) is 0. The molecule has 0 aliphatic rings. The summed E-state index contributed by atoms with van der Waals surface area (Å²) in [7, 11) is 0. The minimum absolute atomic E-state index is 0.455. The van der Waals surface area contributed by atoms with Gasteiger partial charge in [-0.2, -0.15) is 0 Å².